The Labute approximate surface area is 95.5 Å². The lowest BCUT2D eigenvalue weighted by atomic mass is 9.98. The lowest BCUT2D eigenvalue weighted by molar-refractivity contribution is 0.166. The molecule has 2 rings (SSSR count). The SMILES string of the molecule is CNCC1CCCN(Cc2nccs2)C1. The van der Waals surface area contributed by atoms with Gasteiger partial charge in [0.25, 0.3) is 0 Å². The van der Waals surface area contributed by atoms with Crippen molar-refractivity contribution in [3.05, 3.63) is 16.6 Å². The van der Waals surface area contributed by atoms with Crippen LogP contribution in [-0.2, 0) is 6.54 Å². The van der Waals surface area contributed by atoms with E-state index in [1.807, 2.05) is 13.2 Å². The van der Waals surface area contributed by atoms with Crippen molar-refractivity contribution >= 4 is 11.3 Å². The molecular weight excluding hydrogens is 206 g/mol. The zero-order valence-electron chi connectivity index (χ0n) is 9.28. The van der Waals surface area contributed by atoms with Crippen molar-refractivity contribution in [2.75, 3.05) is 26.7 Å². The van der Waals surface area contributed by atoms with E-state index in [0.29, 0.717) is 0 Å². The first-order valence-corrected chi connectivity index (χ1v) is 6.52. The third kappa shape index (κ3) is 3.26. The van der Waals surface area contributed by atoms with E-state index in [0.717, 1.165) is 19.0 Å². The van der Waals surface area contributed by atoms with Gasteiger partial charge in [-0.3, -0.25) is 4.90 Å². The first-order valence-electron chi connectivity index (χ1n) is 5.64. The number of likely N-dealkylation sites (tertiary alicyclic amines) is 1. The minimum atomic E-state index is 0.823. The Bertz CT molecular complexity index is 271. The van der Waals surface area contributed by atoms with E-state index in [4.69, 9.17) is 0 Å². The quantitative estimate of drug-likeness (QED) is 0.843. The maximum absolute atomic E-state index is 4.34. The summed E-state index contributed by atoms with van der Waals surface area (Å²) in [5.41, 5.74) is 0. The van der Waals surface area contributed by atoms with Crippen LogP contribution in [0, 0.1) is 5.92 Å². The molecule has 0 aliphatic carbocycles. The van der Waals surface area contributed by atoms with Gasteiger partial charge in [0.05, 0.1) is 6.54 Å². The molecule has 1 fully saturated rings. The Morgan fingerprint density at radius 1 is 1.67 bits per heavy atom. The predicted molar refractivity (Wildman–Crippen MR) is 64.0 cm³/mol. The van der Waals surface area contributed by atoms with E-state index in [1.54, 1.807) is 11.3 Å². The van der Waals surface area contributed by atoms with Crippen LogP contribution >= 0.6 is 11.3 Å². The van der Waals surface area contributed by atoms with Crippen molar-refractivity contribution in [1.29, 1.82) is 0 Å². The van der Waals surface area contributed by atoms with Crippen molar-refractivity contribution in [3.63, 3.8) is 0 Å². The molecule has 0 aromatic carbocycles. The van der Waals surface area contributed by atoms with Crippen molar-refractivity contribution in [2.45, 2.75) is 19.4 Å². The van der Waals surface area contributed by atoms with E-state index in [2.05, 4.69) is 20.6 Å². The molecule has 1 aliphatic heterocycles. The molecule has 15 heavy (non-hydrogen) atoms. The normalized spacial score (nSPS) is 23.1. The van der Waals surface area contributed by atoms with Gasteiger partial charge >= 0.3 is 0 Å². The van der Waals surface area contributed by atoms with Crippen molar-refractivity contribution in [2.24, 2.45) is 5.92 Å². The Hall–Kier alpha value is -0.450. The zero-order chi connectivity index (χ0) is 10.5. The zero-order valence-corrected chi connectivity index (χ0v) is 10.1. The van der Waals surface area contributed by atoms with Crippen LogP contribution in [0.1, 0.15) is 17.8 Å². The summed E-state index contributed by atoms with van der Waals surface area (Å²) in [6.45, 7) is 4.65. The average molecular weight is 225 g/mol. The summed E-state index contributed by atoms with van der Waals surface area (Å²) in [5.74, 6) is 0.823. The van der Waals surface area contributed by atoms with Crippen molar-refractivity contribution < 1.29 is 0 Å². The van der Waals surface area contributed by atoms with Crippen LogP contribution in [0.2, 0.25) is 0 Å². The van der Waals surface area contributed by atoms with Gasteiger partial charge in [0.2, 0.25) is 0 Å². The summed E-state index contributed by atoms with van der Waals surface area (Å²) in [4.78, 5) is 6.87. The molecule has 0 radical (unpaired) electrons. The van der Waals surface area contributed by atoms with Gasteiger partial charge in [-0.2, -0.15) is 0 Å². The summed E-state index contributed by atoms with van der Waals surface area (Å²) < 4.78 is 0. The van der Waals surface area contributed by atoms with Gasteiger partial charge in [-0.1, -0.05) is 0 Å². The van der Waals surface area contributed by atoms with Gasteiger partial charge in [-0.15, -0.1) is 11.3 Å². The summed E-state index contributed by atoms with van der Waals surface area (Å²) in [6, 6.07) is 0. The van der Waals surface area contributed by atoms with E-state index in [1.165, 1.54) is 30.9 Å². The van der Waals surface area contributed by atoms with Crippen LogP contribution in [0.15, 0.2) is 11.6 Å². The summed E-state index contributed by atoms with van der Waals surface area (Å²) in [5, 5.41) is 6.59. The molecule has 4 heteroatoms. The average Bonchev–Trinajstić information content (AvgIpc) is 2.71. The minimum Gasteiger partial charge on any atom is -0.319 e. The maximum atomic E-state index is 4.34. The molecule has 1 unspecified atom stereocenters. The molecule has 1 N–H and O–H groups in total. The van der Waals surface area contributed by atoms with Gasteiger partial charge in [0.15, 0.2) is 0 Å². The molecule has 2 heterocycles. The third-order valence-corrected chi connectivity index (χ3v) is 3.70. The van der Waals surface area contributed by atoms with E-state index in [9.17, 15) is 0 Å². The number of hydrogen-bond acceptors (Lipinski definition) is 4. The lowest BCUT2D eigenvalue weighted by Crippen LogP contribution is -2.38. The molecule has 1 saturated heterocycles. The smallest absolute Gasteiger partial charge is 0.107 e. The standard InChI is InChI=1S/C11H19N3S/c1-12-7-10-3-2-5-14(8-10)9-11-13-4-6-15-11/h4,6,10,12H,2-3,5,7-9H2,1H3. The summed E-state index contributed by atoms with van der Waals surface area (Å²) in [7, 11) is 2.04. The first-order chi connectivity index (χ1) is 7.38. The van der Waals surface area contributed by atoms with Gasteiger partial charge in [-0.05, 0) is 38.9 Å². The number of piperidine rings is 1. The Kier molecular flexibility index (Phi) is 4.11. The molecule has 0 saturated carbocycles. The summed E-state index contributed by atoms with van der Waals surface area (Å²) >= 11 is 1.76. The van der Waals surface area contributed by atoms with Gasteiger partial charge in [-0.25, -0.2) is 4.98 Å². The Morgan fingerprint density at radius 3 is 3.33 bits per heavy atom. The molecule has 1 aromatic rings. The van der Waals surface area contributed by atoms with E-state index in [-0.39, 0.29) is 0 Å². The van der Waals surface area contributed by atoms with Crippen LogP contribution in [0.5, 0.6) is 0 Å². The highest BCUT2D eigenvalue weighted by Crippen LogP contribution is 2.18. The second kappa shape index (κ2) is 5.58. The molecule has 1 aromatic heterocycles. The number of thiazole rings is 1. The number of nitrogens with zero attached hydrogens (tertiary/aromatic N) is 2. The highest BCUT2D eigenvalue weighted by Gasteiger charge is 2.19. The molecule has 0 spiro atoms. The number of nitrogens with one attached hydrogen (secondary N) is 1. The van der Waals surface area contributed by atoms with Crippen LogP contribution in [-0.4, -0.2) is 36.6 Å². The topological polar surface area (TPSA) is 28.2 Å². The molecule has 3 nitrogen and oxygen atoms in total. The monoisotopic (exact) mass is 225 g/mol. The fourth-order valence-electron chi connectivity index (χ4n) is 2.27. The minimum absolute atomic E-state index is 0.823. The number of hydrogen-bond donors (Lipinski definition) is 1. The predicted octanol–water partition coefficient (Wildman–Crippen LogP) is 1.57. The number of rotatable bonds is 4. The van der Waals surface area contributed by atoms with Gasteiger partial charge in [0.1, 0.15) is 5.01 Å². The van der Waals surface area contributed by atoms with E-state index < -0.39 is 0 Å². The third-order valence-electron chi connectivity index (χ3n) is 2.94. The lowest BCUT2D eigenvalue weighted by Gasteiger charge is -2.31. The second-order valence-electron chi connectivity index (χ2n) is 4.23. The van der Waals surface area contributed by atoms with Crippen molar-refractivity contribution in [3.8, 4) is 0 Å². The van der Waals surface area contributed by atoms with Crippen LogP contribution in [0.4, 0.5) is 0 Å². The first kappa shape index (κ1) is 11.0. The van der Waals surface area contributed by atoms with Crippen LogP contribution < -0.4 is 5.32 Å². The molecule has 84 valence electrons. The van der Waals surface area contributed by atoms with Crippen molar-refractivity contribution in [1.82, 2.24) is 15.2 Å². The fraction of sp³-hybridized carbons (Fsp3) is 0.727. The molecular formula is C11H19N3S. The van der Waals surface area contributed by atoms with E-state index >= 15 is 0 Å². The van der Waals surface area contributed by atoms with Gasteiger partial charge in [0, 0.05) is 18.1 Å². The van der Waals surface area contributed by atoms with Crippen LogP contribution in [0.25, 0.3) is 0 Å². The highest BCUT2D eigenvalue weighted by molar-refractivity contribution is 7.09. The van der Waals surface area contributed by atoms with Gasteiger partial charge < -0.3 is 5.32 Å². The number of aromatic nitrogens is 1. The molecule has 0 amide bonds. The fourth-order valence-corrected chi connectivity index (χ4v) is 2.93. The Morgan fingerprint density at radius 2 is 2.60 bits per heavy atom. The Balaban J connectivity index is 1.82. The van der Waals surface area contributed by atoms with Crippen LogP contribution in [0.3, 0.4) is 0 Å². The molecule has 1 atom stereocenters. The molecule has 0 bridgehead atoms. The molecule has 1 aliphatic rings. The largest absolute Gasteiger partial charge is 0.319 e. The highest BCUT2D eigenvalue weighted by atomic mass is 32.1. The maximum Gasteiger partial charge on any atom is 0.107 e. The summed E-state index contributed by atoms with van der Waals surface area (Å²) in [6.07, 6.45) is 4.60. The second-order valence-corrected chi connectivity index (χ2v) is 5.21.